The van der Waals surface area contributed by atoms with Gasteiger partial charge in [-0.05, 0) is 63.2 Å². The molecule has 2 aromatic rings. The molecule has 6 rings (SSSR count). The number of nitrogens with one attached hydrogen (secondary N) is 1. The predicted molar refractivity (Wildman–Crippen MR) is 180 cm³/mol. The monoisotopic (exact) mass is 662 g/mol. The molecule has 0 saturated carbocycles. The fraction of sp³-hybridized carbons (Fsp3) is 0.514. The van der Waals surface area contributed by atoms with Gasteiger partial charge in [0.2, 0.25) is 0 Å². The maximum absolute atomic E-state index is 14.1. The number of rotatable bonds is 5. The SMILES string of the molecule is C#Cc1cc(C[C@@H](OC(=O)N2CCC3(CC2)OC(=O)Nc2ccccc23)C(=O)N2CCC(N3CCCN(C)CC3)CC2)cc(Cl)c1N. The average Bonchev–Trinajstić information content (AvgIpc) is 3.30. The lowest BCUT2D eigenvalue weighted by molar-refractivity contribution is -0.142. The Morgan fingerprint density at radius 1 is 1.09 bits per heavy atom. The van der Waals surface area contributed by atoms with Gasteiger partial charge in [0.1, 0.15) is 5.60 Å². The number of piperidine rings is 2. The average molecular weight is 663 g/mol. The van der Waals surface area contributed by atoms with Crippen LogP contribution in [0.5, 0.6) is 0 Å². The summed E-state index contributed by atoms with van der Waals surface area (Å²) in [6, 6.07) is 11.4. The number of fused-ring (bicyclic) bond motifs is 2. The van der Waals surface area contributed by atoms with Crippen LogP contribution in [0, 0.1) is 12.3 Å². The number of nitrogen functional groups attached to an aromatic ring is 1. The number of likely N-dealkylation sites (tertiary alicyclic amines) is 2. The van der Waals surface area contributed by atoms with Gasteiger partial charge in [-0.25, -0.2) is 9.59 Å². The summed E-state index contributed by atoms with van der Waals surface area (Å²) in [7, 11) is 2.16. The zero-order chi connectivity index (χ0) is 33.1. The zero-order valence-electron chi connectivity index (χ0n) is 26.9. The van der Waals surface area contributed by atoms with Gasteiger partial charge in [-0.2, -0.15) is 0 Å². The van der Waals surface area contributed by atoms with Crippen LogP contribution in [-0.4, -0.2) is 109 Å². The van der Waals surface area contributed by atoms with E-state index in [0.717, 1.165) is 51.0 Å². The number of benzene rings is 2. The number of para-hydroxylation sites is 1. The normalized spacial score (nSPS) is 21.2. The van der Waals surface area contributed by atoms with Gasteiger partial charge in [0.25, 0.3) is 5.91 Å². The molecule has 250 valence electrons. The molecule has 4 aliphatic heterocycles. The van der Waals surface area contributed by atoms with Crippen LogP contribution in [0.25, 0.3) is 0 Å². The first-order valence-electron chi connectivity index (χ1n) is 16.5. The molecule has 0 aromatic heterocycles. The number of carbonyl (C=O) groups excluding carboxylic acids is 3. The van der Waals surface area contributed by atoms with Crippen LogP contribution in [0.1, 0.15) is 48.8 Å². The van der Waals surface area contributed by atoms with Crippen LogP contribution in [0.2, 0.25) is 5.02 Å². The Balaban J connectivity index is 1.15. The maximum atomic E-state index is 14.1. The number of carbonyl (C=O) groups is 3. The Bertz CT molecular complexity index is 1550. The molecule has 11 nitrogen and oxygen atoms in total. The molecule has 47 heavy (non-hydrogen) atoms. The van der Waals surface area contributed by atoms with E-state index in [1.807, 2.05) is 29.2 Å². The molecule has 4 aliphatic rings. The lowest BCUT2D eigenvalue weighted by Gasteiger charge is -2.44. The molecule has 0 radical (unpaired) electrons. The number of ether oxygens (including phenoxy) is 2. The highest BCUT2D eigenvalue weighted by molar-refractivity contribution is 6.33. The molecule has 0 unspecified atom stereocenters. The van der Waals surface area contributed by atoms with Crippen molar-refractivity contribution < 1.29 is 23.9 Å². The molecule has 1 atom stereocenters. The number of hydrogen-bond acceptors (Lipinski definition) is 8. The van der Waals surface area contributed by atoms with Crippen LogP contribution >= 0.6 is 11.6 Å². The zero-order valence-corrected chi connectivity index (χ0v) is 27.6. The number of hydrogen-bond donors (Lipinski definition) is 2. The van der Waals surface area contributed by atoms with Crippen LogP contribution < -0.4 is 11.1 Å². The summed E-state index contributed by atoms with van der Waals surface area (Å²) in [5, 5.41) is 3.04. The molecular weight excluding hydrogens is 620 g/mol. The molecule has 12 heteroatoms. The van der Waals surface area contributed by atoms with E-state index >= 15 is 0 Å². The number of amides is 3. The third-order valence-electron chi connectivity index (χ3n) is 10.1. The number of anilines is 2. The first-order chi connectivity index (χ1) is 22.7. The Hall–Kier alpha value is -3.98. The predicted octanol–water partition coefficient (Wildman–Crippen LogP) is 4.13. The number of nitrogens with two attached hydrogens (primary N) is 1. The van der Waals surface area contributed by atoms with E-state index < -0.39 is 23.9 Å². The van der Waals surface area contributed by atoms with Gasteiger partial charge in [0.15, 0.2) is 6.10 Å². The second-order valence-corrected chi connectivity index (χ2v) is 13.5. The Morgan fingerprint density at radius 2 is 1.83 bits per heavy atom. The molecule has 4 heterocycles. The molecule has 3 saturated heterocycles. The summed E-state index contributed by atoms with van der Waals surface area (Å²) in [4.78, 5) is 48.4. The van der Waals surface area contributed by atoms with Gasteiger partial charge < -0.3 is 29.9 Å². The maximum Gasteiger partial charge on any atom is 0.412 e. The first kappa shape index (κ1) is 32.9. The van der Waals surface area contributed by atoms with Crippen molar-refractivity contribution in [1.29, 1.82) is 0 Å². The van der Waals surface area contributed by atoms with Gasteiger partial charge >= 0.3 is 12.2 Å². The molecule has 1 spiro atoms. The molecule has 3 N–H and O–H groups in total. The summed E-state index contributed by atoms with van der Waals surface area (Å²) in [6.07, 6.45) is 7.28. The summed E-state index contributed by atoms with van der Waals surface area (Å²) < 4.78 is 11.8. The minimum absolute atomic E-state index is 0.103. The van der Waals surface area contributed by atoms with Gasteiger partial charge in [0.05, 0.1) is 16.4 Å². The summed E-state index contributed by atoms with van der Waals surface area (Å²) in [5.74, 6) is 2.31. The number of nitrogens with zero attached hydrogens (tertiary/aromatic N) is 4. The van der Waals surface area contributed by atoms with Crippen molar-refractivity contribution in [2.75, 3.05) is 70.5 Å². The van der Waals surface area contributed by atoms with Crippen LogP contribution in [0.3, 0.4) is 0 Å². The topological polar surface area (TPSA) is 121 Å². The fourth-order valence-electron chi connectivity index (χ4n) is 7.37. The second kappa shape index (κ2) is 14.0. The Morgan fingerprint density at radius 3 is 2.57 bits per heavy atom. The minimum atomic E-state index is -1.08. The largest absolute Gasteiger partial charge is 0.438 e. The third kappa shape index (κ3) is 7.15. The highest BCUT2D eigenvalue weighted by atomic mass is 35.5. The third-order valence-corrected chi connectivity index (χ3v) is 10.4. The molecule has 3 fully saturated rings. The van der Waals surface area contributed by atoms with E-state index in [1.54, 1.807) is 17.0 Å². The smallest absolute Gasteiger partial charge is 0.412 e. The molecule has 2 aromatic carbocycles. The van der Waals surface area contributed by atoms with Crippen molar-refractivity contribution in [2.24, 2.45) is 0 Å². The lowest BCUT2D eigenvalue weighted by atomic mass is 9.82. The van der Waals surface area contributed by atoms with Crippen molar-refractivity contribution in [3.05, 3.63) is 58.1 Å². The van der Waals surface area contributed by atoms with E-state index in [-0.39, 0.29) is 17.4 Å². The van der Waals surface area contributed by atoms with Crippen molar-refractivity contribution in [3.8, 4) is 12.3 Å². The Kier molecular flexibility index (Phi) is 9.82. The fourth-order valence-corrected chi connectivity index (χ4v) is 7.61. The number of halogens is 1. The van der Waals surface area contributed by atoms with Gasteiger partial charge in [-0.3, -0.25) is 15.0 Å². The second-order valence-electron chi connectivity index (χ2n) is 13.1. The van der Waals surface area contributed by atoms with Crippen molar-refractivity contribution in [3.63, 3.8) is 0 Å². The quantitative estimate of drug-likeness (QED) is 0.362. The standard InChI is InChI=1S/C35H43ClN6O5/c1-3-25-21-24(22-28(36)31(25)37)23-30(32(43)41-15-9-26(10-16-41)40-14-6-13-39(2)19-20-40)46-34(45)42-17-11-35(12-18-42)27-7-4-5-8-29(27)38-33(44)47-35/h1,4-5,7-8,21-22,26,30H,6,9-20,23,37H2,2H3,(H,38,44)/t30-/m1/s1. The van der Waals surface area contributed by atoms with E-state index in [9.17, 15) is 14.4 Å². The van der Waals surface area contributed by atoms with Gasteiger partial charge in [-0.15, -0.1) is 6.42 Å². The lowest BCUT2D eigenvalue weighted by Crippen LogP contribution is -2.53. The van der Waals surface area contributed by atoms with E-state index in [2.05, 4.69) is 28.1 Å². The first-order valence-corrected chi connectivity index (χ1v) is 16.8. The van der Waals surface area contributed by atoms with Gasteiger partial charge in [-0.1, -0.05) is 35.7 Å². The van der Waals surface area contributed by atoms with Crippen LogP contribution in [-0.2, 0) is 26.3 Å². The highest BCUT2D eigenvalue weighted by Crippen LogP contribution is 2.43. The van der Waals surface area contributed by atoms with E-state index in [1.165, 1.54) is 0 Å². The molecule has 0 aliphatic carbocycles. The molecule has 3 amide bonds. The number of likely N-dealkylation sites (N-methyl/N-ethyl adjacent to an activating group) is 1. The van der Waals surface area contributed by atoms with Crippen molar-refractivity contribution in [2.45, 2.75) is 56.3 Å². The molecular formula is C35H43ClN6O5. The Labute approximate surface area is 281 Å². The summed E-state index contributed by atoms with van der Waals surface area (Å²) >= 11 is 6.38. The van der Waals surface area contributed by atoms with E-state index in [4.69, 9.17) is 33.2 Å². The summed E-state index contributed by atoms with van der Waals surface area (Å²) in [6.45, 7) is 6.02. The highest BCUT2D eigenvalue weighted by Gasteiger charge is 2.46. The minimum Gasteiger partial charge on any atom is -0.438 e. The van der Waals surface area contributed by atoms with E-state index in [0.29, 0.717) is 67.6 Å². The van der Waals surface area contributed by atoms with Crippen molar-refractivity contribution >= 4 is 41.1 Å². The van der Waals surface area contributed by atoms with Gasteiger partial charge in [0, 0.05) is 75.7 Å². The number of terminal acetylenes is 1. The van der Waals surface area contributed by atoms with Crippen molar-refractivity contribution in [1.82, 2.24) is 19.6 Å². The summed E-state index contributed by atoms with van der Waals surface area (Å²) in [5.41, 5.74) is 8.20. The van der Waals surface area contributed by atoms with Crippen LogP contribution in [0.4, 0.5) is 21.0 Å². The van der Waals surface area contributed by atoms with Crippen LogP contribution in [0.15, 0.2) is 36.4 Å². The molecule has 0 bridgehead atoms.